The number of rotatable bonds is 5. The lowest BCUT2D eigenvalue weighted by Gasteiger charge is -2.10. The summed E-state index contributed by atoms with van der Waals surface area (Å²) in [6.45, 7) is 1.11. The molecule has 2 N–H and O–H groups in total. The van der Waals surface area contributed by atoms with Gasteiger partial charge < -0.3 is 20.1 Å². The number of hydrogen-bond acceptors (Lipinski definition) is 4. The molecule has 0 bridgehead atoms. The number of imidazole rings is 1. The molecular formula is C16H20F3N5O2. The number of carbonyl (C=O) groups excluding carboxylic acids is 2. The Morgan fingerprint density at radius 2 is 1.92 bits per heavy atom. The van der Waals surface area contributed by atoms with E-state index in [4.69, 9.17) is 0 Å². The van der Waals surface area contributed by atoms with Crippen molar-refractivity contribution < 1.29 is 22.8 Å². The molecule has 1 aromatic carbocycles. The highest BCUT2D eigenvalue weighted by Gasteiger charge is 2.36. The van der Waals surface area contributed by atoms with Gasteiger partial charge in [0.1, 0.15) is 0 Å². The maximum Gasteiger partial charge on any atom is 0.449 e. The third-order valence-electron chi connectivity index (χ3n) is 3.67. The van der Waals surface area contributed by atoms with E-state index in [1.807, 2.05) is 19.0 Å². The number of hydrogen-bond donors (Lipinski definition) is 2. The lowest BCUT2D eigenvalue weighted by Crippen LogP contribution is -2.36. The van der Waals surface area contributed by atoms with Crippen molar-refractivity contribution in [2.24, 2.45) is 7.05 Å². The van der Waals surface area contributed by atoms with Crippen LogP contribution in [0.5, 0.6) is 0 Å². The lowest BCUT2D eigenvalue weighted by atomic mass is 10.2. The van der Waals surface area contributed by atoms with Crippen LogP contribution in [0.2, 0.25) is 0 Å². The summed E-state index contributed by atoms with van der Waals surface area (Å²) in [4.78, 5) is 29.1. The average molecular weight is 371 g/mol. The van der Waals surface area contributed by atoms with Crippen LogP contribution < -0.4 is 10.6 Å². The van der Waals surface area contributed by atoms with Crippen molar-refractivity contribution in [3.05, 3.63) is 24.0 Å². The molecule has 0 aliphatic heterocycles. The summed E-state index contributed by atoms with van der Waals surface area (Å²) in [5.74, 6) is -2.73. The van der Waals surface area contributed by atoms with E-state index < -0.39 is 23.8 Å². The fraction of sp³-hybridized carbons (Fsp3) is 0.438. The second-order valence-electron chi connectivity index (χ2n) is 6.06. The van der Waals surface area contributed by atoms with Crippen molar-refractivity contribution in [1.82, 2.24) is 19.8 Å². The Labute approximate surface area is 148 Å². The van der Waals surface area contributed by atoms with Gasteiger partial charge in [0, 0.05) is 19.3 Å². The lowest BCUT2D eigenvalue weighted by molar-refractivity contribution is -0.146. The molecule has 10 heteroatoms. The van der Waals surface area contributed by atoms with Crippen LogP contribution in [0.4, 0.5) is 18.9 Å². The fourth-order valence-electron chi connectivity index (χ4n) is 2.40. The van der Waals surface area contributed by atoms with Gasteiger partial charge in [0.25, 0.3) is 0 Å². The average Bonchev–Trinajstić information content (AvgIpc) is 2.87. The molecule has 26 heavy (non-hydrogen) atoms. The zero-order valence-corrected chi connectivity index (χ0v) is 14.6. The molecule has 0 aliphatic rings. The summed E-state index contributed by atoms with van der Waals surface area (Å²) in [6, 6.07) is 4.12. The Balaban J connectivity index is 2.04. The van der Waals surface area contributed by atoms with Gasteiger partial charge >= 0.3 is 18.0 Å². The fourth-order valence-corrected chi connectivity index (χ4v) is 2.40. The summed E-state index contributed by atoms with van der Waals surface area (Å²) in [5.41, 5.74) is 0.533. The van der Waals surface area contributed by atoms with Gasteiger partial charge in [0.05, 0.1) is 11.0 Å². The number of carbonyl (C=O) groups is 2. The van der Waals surface area contributed by atoms with Gasteiger partial charge in [-0.3, -0.25) is 9.59 Å². The van der Waals surface area contributed by atoms with Crippen LogP contribution in [-0.2, 0) is 22.8 Å². The van der Waals surface area contributed by atoms with E-state index in [0.717, 1.165) is 11.1 Å². The Bertz CT molecular complexity index is 814. The molecule has 1 aromatic heterocycles. The number of fused-ring (bicyclic) bond motifs is 1. The second-order valence-corrected chi connectivity index (χ2v) is 6.06. The van der Waals surface area contributed by atoms with Crippen LogP contribution >= 0.6 is 0 Å². The molecule has 0 fully saturated rings. The molecule has 1 heterocycles. The summed E-state index contributed by atoms with van der Waals surface area (Å²) in [7, 11) is 5.05. The van der Waals surface area contributed by atoms with Gasteiger partial charge in [0.2, 0.25) is 5.82 Å². The highest BCUT2D eigenvalue weighted by atomic mass is 19.4. The number of alkyl halides is 3. The van der Waals surface area contributed by atoms with Crippen molar-refractivity contribution in [2.45, 2.75) is 12.6 Å². The van der Waals surface area contributed by atoms with E-state index in [0.29, 0.717) is 13.0 Å². The standard InChI is InChI=1S/C16H20F3N5O2/c1-23(2)8-4-7-20-13(25)14(26)21-10-5-6-12-11(9-10)22-15(24(12)3)16(17,18)19/h5-6,9H,4,7-8H2,1-3H3,(H,20,25)(H,21,26). The Kier molecular flexibility index (Phi) is 5.86. The molecule has 0 saturated heterocycles. The van der Waals surface area contributed by atoms with Crippen LogP contribution in [0, 0.1) is 0 Å². The Morgan fingerprint density at radius 1 is 1.23 bits per heavy atom. The molecule has 0 saturated carbocycles. The van der Waals surface area contributed by atoms with Gasteiger partial charge in [-0.05, 0) is 45.3 Å². The van der Waals surface area contributed by atoms with Crippen LogP contribution in [0.3, 0.4) is 0 Å². The molecule has 0 atom stereocenters. The van der Waals surface area contributed by atoms with Gasteiger partial charge in [-0.25, -0.2) is 4.98 Å². The first kappa shape index (κ1) is 19.7. The van der Waals surface area contributed by atoms with Gasteiger partial charge in [0.15, 0.2) is 0 Å². The Hall–Kier alpha value is -2.62. The molecule has 142 valence electrons. The molecule has 0 unspecified atom stereocenters. The third-order valence-corrected chi connectivity index (χ3v) is 3.67. The topological polar surface area (TPSA) is 79.3 Å². The van der Waals surface area contributed by atoms with Crippen molar-refractivity contribution >= 4 is 28.5 Å². The highest BCUT2D eigenvalue weighted by molar-refractivity contribution is 6.39. The summed E-state index contributed by atoms with van der Waals surface area (Å²) in [5, 5.41) is 4.84. The molecule has 0 aliphatic carbocycles. The minimum absolute atomic E-state index is 0.0732. The quantitative estimate of drug-likeness (QED) is 0.618. The molecule has 7 nitrogen and oxygen atoms in total. The number of benzene rings is 1. The SMILES string of the molecule is CN(C)CCCNC(=O)C(=O)Nc1ccc2c(c1)nc(C(F)(F)F)n2C. The number of nitrogens with zero attached hydrogens (tertiary/aromatic N) is 3. The predicted octanol–water partition coefficient (Wildman–Crippen LogP) is 1.60. The monoisotopic (exact) mass is 371 g/mol. The first-order chi connectivity index (χ1) is 12.1. The summed E-state index contributed by atoms with van der Waals surface area (Å²) < 4.78 is 39.6. The number of anilines is 1. The van der Waals surface area contributed by atoms with Crippen molar-refractivity contribution in [1.29, 1.82) is 0 Å². The van der Waals surface area contributed by atoms with Crippen molar-refractivity contribution in [2.75, 3.05) is 32.5 Å². The van der Waals surface area contributed by atoms with Gasteiger partial charge in [-0.2, -0.15) is 13.2 Å². The van der Waals surface area contributed by atoms with E-state index in [-0.39, 0.29) is 16.7 Å². The first-order valence-corrected chi connectivity index (χ1v) is 7.87. The second kappa shape index (κ2) is 7.73. The number of amides is 2. The zero-order chi connectivity index (χ0) is 19.5. The minimum Gasteiger partial charge on any atom is -0.348 e. The maximum atomic E-state index is 12.9. The van der Waals surface area contributed by atoms with Crippen LogP contribution in [-0.4, -0.2) is 53.5 Å². The van der Waals surface area contributed by atoms with Gasteiger partial charge in [-0.15, -0.1) is 0 Å². The Morgan fingerprint density at radius 3 is 2.54 bits per heavy atom. The van der Waals surface area contributed by atoms with E-state index in [9.17, 15) is 22.8 Å². The molecule has 2 aromatic rings. The van der Waals surface area contributed by atoms with E-state index in [1.165, 1.54) is 25.2 Å². The number of nitrogens with one attached hydrogen (secondary N) is 2. The smallest absolute Gasteiger partial charge is 0.348 e. The molecule has 0 radical (unpaired) electrons. The molecule has 0 spiro atoms. The summed E-state index contributed by atoms with van der Waals surface area (Å²) >= 11 is 0. The number of aryl methyl sites for hydroxylation is 1. The van der Waals surface area contributed by atoms with Crippen LogP contribution in [0.15, 0.2) is 18.2 Å². The normalized spacial score (nSPS) is 11.8. The predicted molar refractivity (Wildman–Crippen MR) is 90.5 cm³/mol. The number of aromatic nitrogens is 2. The number of halogens is 3. The highest BCUT2D eigenvalue weighted by Crippen LogP contribution is 2.31. The van der Waals surface area contributed by atoms with Crippen LogP contribution in [0.1, 0.15) is 12.2 Å². The van der Waals surface area contributed by atoms with Crippen molar-refractivity contribution in [3.63, 3.8) is 0 Å². The van der Waals surface area contributed by atoms with Crippen molar-refractivity contribution in [3.8, 4) is 0 Å². The van der Waals surface area contributed by atoms with E-state index in [1.54, 1.807) is 0 Å². The molecular weight excluding hydrogens is 351 g/mol. The van der Waals surface area contributed by atoms with E-state index in [2.05, 4.69) is 15.6 Å². The van der Waals surface area contributed by atoms with E-state index >= 15 is 0 Å². The maximum absolute atomic E-state index is 12.9. The molecule has 2 rings (SSSR count). The third kappa shape index (κ3) is 4.72. The largest absolute Gasteiger partial charge is 0.449 e. The summed E-state index contributed by atoms with van der Waals surface area (Å²) in [6.07, 6.45) is -3.89. The zero-order valence-electron chi connectivity index (χ0n) is 14.6. The first-order valence-electron chi connectivity index (χ1n) is 7.87. The minimum atomic E-state index is -4.58. The molecule has 2 amide bonds. The van der Waals surface area contributed by atoms with Crippen LogP contribution in [0.25, 0.3) is 11.0 Å². The van der Waals surface area contributed by atoms with Gasteiger partial charge in [-0.1, -0.05) is 0 Å².